The van der Waals surface area contributed by atoms with E-state index in [0.29, 0.717) is 11.3 Å². The maximum absolute atomic E-state index is 11.8. The Morgan fingerprint density at radius 1 is 1.12 bits per heavy atom. The number of rotatable bonds is 4. The molecule has 0 radical (unpaired) electrons. The van der Waals surface area contributed by atoms with Crippen LogP contribution in [0.2, 0.25) is 0 Å². The van der Waals surface area contributed by atoms with Crippen molar-refractivity contribution in [1.29, 1.82) is 0 Å². The summed E-state index contributed by atoms with van der Waals surface area (Å²) in [7, 11) is 0. The van der Waals surface area contributed by atoms with E-state index in [1.165, 1.54) is 24.3 Å². The number of benzene rings is 2. The van der Waals surface area contributed by atoms with Gasteiger partial charge in [-0.3, -0.25) is 10.1 Å². The topological polar surface area (TPSA) is 69.4 Å². The Morgan fingerprint density at radius 3 is 2.38 bits per heavy atom. The number of ether oxygens (including phenoxy) is 1. The molecule has 5 heteroatoms. The summed E-state index contributed by atoms with van der Waals surface area (Å²) < 4.78 is 5.22. The van der Waals surface area contributed by atoms with Gasteiger partial charge in [0, 0.05) is 18.2 Å². The van der Waals surface area contributed by atoms with Crippen molar-refractivity contribution in [3.63, 3.8) is 0 Å². The molecule has 0 heterocycles. The van der Waals surface area contributed by atoms with E-state index in [-0.39, 0.29) is 11.1 Å². The number of nitro groups is 1. The third-order valence-corrected chi connectivity index (χ3v) is 3.43. The summed E-state index contributed by atoms with van der Waals surface area (Å²) in [5.74, 6) is -0.0818. The van der Waals surface area contributed by atoms with Gasteiger partial charge in [0.15, 0.2) is 0 Å². The van der Waals surface area contributed by atoms with Gasteiger partial charge in [0.1, 0.15) is 5.75 Å². The first-order valence-corrected chi connectivity index (χ1v) is 7.50. The van der Waals surface area contributed by atoms with Crippen LogP contribution < -0.4 is 4.74 Å². The zero-order chi connectivity index (χ0) is 17.7. The summed E-state index contributed by atoms with van der Waals surface area (Å²) in [4.78, 5) is 22.1. The molecule has 0 aliphatic carbocycles. The Hall–Kier alpha value is -2.95. The number of hydrogen-bond acceptors (Lipinski definition) is 4. The second kappa shape index (κ2) is 7.08. The quantitative estimate of drug-likeness (QED) is 0.273. The standard InChI is InChI=1S/C19H19NO4/c1-19(2,3)15-8-10-17(11-9-15)24-18(21)12-7-14-5-4-6-16(13-14)20(22)23/h4-13H,1-3H3. The minimum Gasteiger partial charge on any atom is -0.423 e. The van der Waals surface area contributed by atoms with E-state index >= 15 is 0 Å². The van der Waals surface area contributed by atoms with Crippen LogP contribution in [-0.2, 0) is 10.2 Å². The Bertz CT molecular complexity index is 771. The number of hydrogen-bond donors (Lipinski definition) is 0. The molecule has 0 aliphatic heterocycles. The lowest BCUT2D eigenvalue weighted by Gasteiger charge is -2.18. The van der Waals surface area contributed by atoms with Crippen molar-refractivity contribution in [3.05, 3.63) is 75.8 Å². The number of non-ortho nitro benzene ring substituents is 1. The van der Waals surface area contributed by atoms with Crippen LogP contribution in [0.25, 0.3) is 6.08 Å². The van der Waals surface area contributed by atoms with Crippen molar-refractivity contribution in [1.82, 2.24) is 0 Å². The summed E-state index contributed by atoms with van der Waals surface area (Å²) >= 11 is 0. The first-order valence-electron chi connectivity index (χ1n) is 7.50. The van der Waals surface area contributed by atoms with E-state index in [0.717, 1.165) is 5.56 Å². The molecular formula is C19H19NO4. The molecule has 0 bridgehead atoms. The van der Waals surface area contributed by atoms with Gasteiger partial charge in [-0.1, -0.05) is 45.0 Å². The third-order valence-electron chi connectivity index (χ3n) is 3.43. The molecule has 5 nitrogen and oxygen atoms in total. The number of carbonyl (C=O) groups excluding carboxylic acids is 1. The summed E-state index contributed by atoms with van der Waals surface area (Å²) in [6.07, 6.45) is 2.73. The molecule has 2 aromatic rings. The van der Waals surface area contributed by atoms with E-state index in [4.69, 9.17) is 4.74 Å². The van der Waals surface area contributed by atoms with Gasteiger partial charge in [0.05, 0.1) is 4.92 Å². The second-order valence-electron chi connectivity index (χ2n) is 6.38. The molecule has 2 rings (SSSR count). The Kier molecular flexibility index (Phi) is 5.14. The molecule has 124 valence electrons. The van der Waals surface area contributed by atoms with Crippen molar-refractivity contribution >= 4 is 17.7 Å². The smallest absolute Gasteiger partial charge is 0.336 e. The highest BCUT2D eigenvalue weighted by Gasteiger charge is 2.13. The minimum absolute atomic E-state index is 0.0247. The van der Waals surface area contributed by atoms with Gasteiger partial charge in [-0.15, -0.1) is 0 Å². The van der Waals surface area contributed by atoms with Crippen LogP contribution in [0.4, 0.5) is 5.69 Å². The van der Waals surface area contributed by atoms with Crippen molar-refractivity contribution in [3.8, 4) is 5.75 Å². The zero-order valence-corrected chi connectivity index (χ0v) is 13.9. The summed E-state index contributed by atoms with van der Waals surface area (Å²) in [5.41, 5.74) is 1.71. The molecule has 0 unspecified atom stereocenters. The van der Waals surface area contributed by atoms with Crippen molar-refractivity contribution in [2.24, 2.45) is 0 Å². The highest BCUT2D eigenvalue weighted by atomic mass is 16.6. The van der Waals surface area contributed by atoms with Crippen LogP contribution in [0.1, 0.15) is 31.9 Å². The molecule has 0 saturated carbocycles. The van der Waals surface area contributed by atoms with Gasteiger partial charge in [-0.2, -0.15) is 0 Å². The number of nitrogens with zero attached hydrogens (tertiary/aromatic N) is 1. The molecule has 0 fully saturated rings. The molecule has 0 N–H and O–H groups in total. The third kappa shape index (κ3) is 4.78. The zero-order valence-electron chi connectivity index (χ0n) is 13.9. The molecule has 0 atom stereocenters. The predicted molar refractivity (Wildman–Crippen MR) is 92.9 cm³/mol. The minimum atomic E-state index is -0.537. The summed E-state index contributed by atoms with van der Waals surface area (Å²) in [6, 6.07) is 13.4. The van der Waals surface area contributed by atoms with Crippen LogP contribution in [0.5, 0.6) is 5.75 Å². The van der Waals surface area contributed by atoms with E-state index in [1.54, 1.807) is 24.3 Å². The molecule has 0 amide bonds. The first-order chi connectivity index (χ1) is 11.3. The largest absolute Gasteiger partial charge is 0.423 e. The fourth-order valence-electron chi connectivity index (χ4n) is 2.08. The maximum Gasteiger partial charge on any atom is 0.336 e. The lowest BCUT2D eigenvalue weighted by molar-refractivity contribution is -0.384. The molecule has 24 heavy (non-hydrogen) atoms. The van der Waals surface area contributed by atoms with Gasteiger partial charge in [-0.05, 0) is 34.8 Å². The average Bonchev–Trinajstić information content (AvgIpc) is 2.53. The maximum atomic E-state index is 11.8. The van der Waals surface area contributed by atoms with E-state index in [9.17, 15) is 14.9 Å². The van der Waals surface area contributed by atoms with Gasteiger partial charge in [0.25, 0.3) is 5.69 Å². The van der Waals surface area contributed by atoms with E-state index in [1.807, 2.05) is 12.1 Å². The summed E-state index contributed by atoms with van der Waals surface area (Å²) in [5, 5.41) is 10.7. The van der Waals surface area contributed by atoms with Crippen molar-refractivity contribution in [2.45, 2.75) is 26.2 Å². The fourth-order valence-corrected chi connectivity index (χ4v) is 2.08. The highest BCUT2D eigenvalue weighted by molar-refractivity contribution is 5.88. The molecule has 2 aromatic carbocycles. The molecular weight excluding hydrogens is 306 g/mol. The first kappa shape index (κ1) is 17.4. The Morgan fingerprint density at radius 2 is 1.79 bits per heavy atom. The summed E-state index contributed by atoms with van der Waals surface area (Å²) in [6.45, 7) is 6.32. The van der Waals surface area contributed by atoms with E-state index in [2.05, 4.69) is 20.8 Å². The fraction of sp³-hybridized carbons (Fsp3) is 0.211. The SMILES string of the molecule is CC(C)(C)c1ccc(OC(=O)C=Cc2cccc([N+](=O)[O-])c2)cc1. The average molecular weight is 325 g/mol. The van der Waals surface area contributed by atoms with Crippen LogP contribution in [0, 0.1) is 10.1 Å². The van der Waals surface area contributed by atoms with Gasteiger partial charge < -0.3 is 4.74 Å². The van der Waals surface area contributed by atoms with Gasteiger partial charge in [0.2, 0.25) is 0 Å². The van der Waals surface area contributed by atoms with Crippen LogP contribution in [0.15, 0.2) is 54.6 Å². The second-order valence-corrected chi connectivity index (χ2v) is 6.38. The highest BCUT2D eigenvalue weighted by Crippen LogP contribution is 2.24. The number of nitro benzene ring substituents is 1. The molecule has 0 spiro atoms. The molecule has 0 aliphatic rings. The molecule has 0 aromatic heterocycles. The van der Waals surface area contributed by atoms with Crippen molar-refractivity contribution in [2.75, 3.05) is 0 Å². The van der Waals surface area contributed by atoms with E-state index < -0.39 is 10.9 Å². The predicted octanol–water partition coefficient (Wildman–Crippen LogP) is 4.51. The van der Waals surface area contributed by atoms with Crippen LogP contribution >= 0.6 is 0 Å². The van der Waals surface area contributed by atoms with Gasteiger partial charge >= 0.3 is 5.97 Å². The number of carbonyl (C=O) groups is 1. The number of esters is 1. The Labute approximate surface area is 140 Å². The Balaban J connectivity index is 2.03. The monoisotopic (exact) mass is 325 g/mol. The van der Waals surface area contributed by atoms with Crippen LogP contribution in [-0.4, -0.2) is 10.9 Å². The lowest BCUT2D eigenvalue weighted by Crippen LogP contribution is -2.11. The van der Waals surface area contributed by atoms with Crippen LogP contribution in [0.3, 0.4) is 0 Å². The van der Waals surface area contributed by atoms with Gasteiger partial charge in [-0.25, -0.2) is 4.79 Å². The molecule has 0 saturated heterocycles. The normalized spacial score (nSPS) is 11.5. The van der Waals surface area contributed by atoms with Crippen molar-refractivity contribution < 1.29 is 14.5 Å². The lowest BCUT2D eigenvalue weighted by atomic mass is 9.87.